The van der Waals surface area contributed by atoms with Crippen LogP contribution in [-0.2, 0) is 14.8 Å². The fourth-order valence-corrected chi connectivity index (χ4v) is 6.95. The lowest BCUT2D eigenvalue weighted by molar-refractivity contribution is -0.142. The number of sulfonamides is 1. The molecular formula is C24H26Cl2N4O5S. The van der Waals surface area contributed by atoms with Crippen LogP contribution in [0.5, 0.6) is 11.5 Å². The lowest BCUT2D eigenvalue weighted by Gasteiger charge is -2.35. The molecule has 2 aromatic rings. The number of ether oxygens (including phenoxy) is 1. The molecule has 0 bridgehead atoms. The molecule has 2 N–H and O–H groups in total. The maximum Gasteiger partial charge on any atom is 0.323 e. The minimum atomic E-state index is -4.37. The first-order chi connectivity index (χ1) is 17.2. The average molecular weight is 553 g/mol. The van der Waals surface area contributed by atoms with E-state index in [4.69, 9.17) is 27.9 Å². The van der Waals surface area contributed by atoms with Gasteiger partial charge < -0.3 is 15.2 Å². The second-order valence-electron chi connectivity index (χ2n) is 8.78. The fraction of sp³-hybridized carbons (Fsp3) is 0.417. The van der Waals surface area contributed by atoms with Gasteiger partial charge in [-0.25, -0.2) is 8.42 Å². The van der Waals surface area contributed by atoms with E-state index in [1.807, 2.05) is 6.07 Å². The highest BCUT2D eigenvalue weighted by Gasteiger charge is 2.41. The fourth-order valence-electron chi connectivity index (χ4n) is 4.69. The molecule has 2 fully saturated rings. The summed E-state index contributed by atoms with van der Waals surface area (Å²) in [5, 5.41) is 23.4. The molecule has 2 heterocycles. The van der Waals surface area contributed by atoms with Crippen LogP contribution in [0.25, 0.3) is 0 Å². The van der Waals surface area contributed by atoms with Crippen LogP contribution >= 0.6 is 23.2 Å². The van der Waals surface area contributed by atoms with Gasteiger partial charge in [-0.2, -0.15) is 9.57 Å². The minimum absolute atomic E-state index is 0.0278. The highest BCUT2D eigenvalue weighted by Crippen LogP contribution is 2.35. The van der Waals surface area contributed by atoms with Gasteiger partial charge in [-0.15, -0.1) is 0 Å². The van der Waals surface area contributed by atoms with Gasteiger partial charge in [0.2, 0.25) is 10.0 Å². The van der Waals surface area contributed by atoms with Crippen LogP contribution in [0.4, 0.5) is 0 Å². The molecule has 4 rings (SSSR count). The van der Waals surface area contributed by atoms with Crippen molar-refractivity contribution in [1.82, 2.24) is 14.5 Å². The first-order valence-corrected chi connectivity index (χ1v) is 13.8. The Morgan fingerprint density at radius 1 is 1.11 bits per heavy atom. The predicted octanol–water partition coefficient (Wildman–Crippen LogP) is 3.56. The molecule has 2 saturated heterocycles. The number of carboxylic acids is 1. The number of halogens is 2. The zero-order valence-corrected chi connectivity index (χ0v) is 21.7. The molecule has 0 aromatic heterocycles. The van der Waals surface area contributed by atoms with Crippen molar-refractivity contribution < 1.29 is 23.1 Å². The maximum atomic E-state index is 13.9. The van der Waals surface area contributed by atoms with Crippen LogP contribution in [0, 0.1) is 11.3 Å². The van der Waals surface area contributed by atoms with E-state index < -0.39 is 22.0 Å². The molecule has 192 valence electrons. The van der Waals surface area contributed by atoms with Crippen LogP contribution in [0.2, 0.25) is 10.0 Å². The second-order valence-corrected chi connectivity index (χ2v) is 11.5. The van der Waals surface area contributed by atoms with E-state index >= 15 is 0 Å². The largest absolute Gasteiger partial charge is 0.480 e. The number of nitrogens with one attached hydrogen (secondary N) is 1. The number of benzene rings is 2. The maximum absolute atomic E-state index is 13.9. The Balaban J connectivity index is 1.71. The van der Waals surface area contributed by atoms with E-state index in [0.29, 0.717) is 23.0 Å². The number of hydrogen-bond acceptors (Lipinski definition) is 7. The Morgan fingerprint density at radius 2 is 1.81 bits per heavy atom. The smallest absolute Gasteiger partial charge is 0.323 e. The van der Waals surface area contributed by atoms with Crippen molar-refractivity contribution in [3.05, 3.63) is 52.0 Å². The van der Waals surface area contributed by atoms with Crippen molar-refractivity contribution >= 4 is 39.2 Å². The van der Waals surface area contributed by atoms with E-state index in [1.165, 1.54) is 36.4 Å². The summed E-state index contributed by atoms with van der Waals surface area (Å²) in [5.74, 6) is -1.08. The van der Waals surface area contributed by atoms with E-state index in [-0.39, 0.29) is 41.1 Å². The molecule has 0 amide bonds. The SMILES string of the molecule is N#Cc1ccc(Oc2cc(Cl)cc(Cl)c2)c(S(=O)(=O)N2CCCN(C3CCNCC3)CC2C(=O)O)c1. The summed E-state index contributed by atoms with van der Waals surface area (Å²) in [4.78, 5) is 14.1. The number of piperidine rings is 1. The van der Waals surface area contributed by atoms with Crippen molar-refractivity contribution in [3.63, 3.8) is 0 Å². The molecule has 0 radical (unpaired) electrons. The summed E-state index contributed by atoms with van der Waals surface area (Å²) in [6.07, 6.45) is 2.23. The van der Waals surface area contributed by atoms with Crippen LogP contribution < -0.4 is 10.1 Å². The van der Waals surface area contributed by atoms with E-state index in [1.54, 1.807) is 0 Å². The lowest BCUT2D eigenvalue weighted by atomic mass is 10.0. The molecule has 2 aromatic carbocycles. The molecule has 9 nitrogen and oxygen atoms in total. The van der Waals surface area contributed by atoms with E-state index in [0.717, 1.165) is 30.2 Å². The first-order valence-electron chi connectivity index (χ1n) is 11.6. The predicted molar refractivity (Wildman–Crippen MR) is 135 cm³/mol. The molecule has 2 aliphatic heterocycles. The molecule has 2 aliphatic rings. The summed E-state index contributed by atoms with van der Waals surface area (Å²) in [6.45, 7) is 2.40. The molecule has 1 unspecified atom stereocenters. The summed E-state index contributed by atoms with van der Waals surface area (Å²) < 4.78 is 34.7. The standard InChI is InChI=1S/C24H26Cl2N4O5S/c25-17-11-18(26)13-20(12-17)35-22-3-2-16(14-27)10-23(22)36(33,34)30-9-1-8-29(15-21(30)24(31)32)19-4-6-28-7-5-19/h2-3,10-13,19,21,28H,1,4-9,15H2,(H,31,32). The zero-order chi connectivity index (χ0) is 25.9. The summed E-state index contributed by atoms with van der Waals surface area (Å²) in [6, 6.07) is 9.31. The third-order valence-electron chi connectivity index (χ3n) is 6.41. The Labute approximate surface area is 220 Å². The average Bonchev–Trinajstić information content (AvgIpc) is 3.08. The molecular weight excluding hydrogens is 527 g/mol. The first kappa shape index (κ1) is 26.7. The lowest BCUT2D eigenvalue weighted by Crippen LogP contribution is -2.52. The Hall–Kier alpha value is -2.39. The number of carbonyl (C=O) groups is 1. The number of nitrogens with zero attached hydrogens (tertiary/aromatic N) is 3. The van der Waals surface area contributed by atoms with Crippen molar-refractivity contribution in [2.75, 3.05) is 32.7 Å². The van der Waals surface area contributed by atoms with Gasteiger partial charge in [0, 0.05) is 29.2 Å². The van der Waals surface area contributed by atoms with Crippen LogP contribution in [0.3, 0.4) is 0 Å². The van der Waals surface area contributed by atoms with Gasteiger partial charge in [0.25, 0.3) is 0 Å². The number of aliphatic carboxylic acids is 1. The molecule has 36 heavy (non-hydrogen) atoms. The third-order valence-corrected chi connectivity index (χ3v) is 8.78. The summed E-state index contributed by atoms with van der Waals surface area (Å²) in [5.41, 5.74) is 0.100. The van der Waals surface area contributed by atoms with Crippen LogP contribution in [-0.4, -0.2) is 73.5 Å². The molecule has 0 aliphatic carbocycles. The van der Waals surface area contributed by atoms with Crippen LogP contribution in [0.15, 0.2) is 41.3 Å². The molecule has 12 heteroatoms. The Morgan fingerprint density at radius 3 is 2.44 bits per heavy atom. The zero-order valence-electron chi connectivity index (χ0n) is 19.4. The highest BCUT2D eigenvalue weighted by atomic mass is 35.5. The van der Waals surface area contributed by atoms with Gasteiger partial charge in [-0.1, -0.05) is 23.2 Å². The van der Waals surface area contributed by atoms with Gasteiger partial charge in [-0.3, -0.25) is 9.69 Å². The topological polar surface area (TPSA) is 123 Å². The van der Waals surface area contributed by atoms with Gasteiger partial charge in [-0.05, 0) is 75.3 Å². The summed E-state index contributed by atoms with van der Waals surface area (Å²) in [7, 11) is -4.37. The molecule has 0 spiro atoms. The molecule has 1 atom stereocenters. The van der Waals surface area contributed by atoms with Crippen molar-refractivity contribution in [2.24, 2.45) is 0 Å². The quantitative estimate of drug-likeness (QED) is 0.557. The number of rotatable bonds is 6. The monoisotopic (exact) mass is 552 g/mol. The number of carboxylic acid groups (broad SMARTS) is 1. The van der Waals surface area contributed by atoms with Crippen molar-refractivity contribution in [2.45, 2.75) is 36.2 Å². The van der Waals surface area contributed by atoms with Gasteiger partial charge in [0.15, 0.2) is 0 Å². The number of hydrogen-bond donors (Lipinski definition) is 2. The summed E-state index contributed by atoms with van der Waals surface area (Å²) >= 11 is 12.1. The van der Waals surface area contributed by atoms with Gasteiger partial charge in [0.1, 0.15) is 22.4 Å². The Kier molecular flexibility index (Phi) is 8.40. The highest BCUT2D eigenvalue weighted by molar-refractivity contribution is 7.89. The van der Waals surface area contributed by atoms with Crippen molar-refractivity contribution in [3.8, 4) is 17.6 Å². The van der Waals surface area contributed by atoms with Gasteiger partial charge in [0.05, 0.1) is 11.6 Å². The minimum Gasteiger partial charge on any atom is -0.480 e. The third kappa shape index (κ3) is 5.94. The van der Waals surface area contributed by atoms with E-state index in [2.05, 4.69) is 10.2 Å². The number of nitriles is 1. The van der Waals surface area contributed by atoms with Crippen molar-refractivity contribution in [1.29, 1.82) is 5.26 Å². The van der Waals surface area contributed by atoms with Crippen LogP contribution in [0.1, 0.15) is 24.8 Å². The Bertz CT molecular complexity index is 1260. The van der Waals surface area contributed by atoms with E-state index in [9.17, 15) is 23.6 Å². The molecule has 0 saturated carbocycles. The van der Waals surface area contributed by atoms with Gasteiger partial charge >= 0.3 is 5.97 Å². The normalized spacial score (nSPS) is 20.4. The second kappa shape index (κ2) is 11.3.